The van der Waals surface area contributed by atoms with Gasteiger partial charge >= 0.3 is 0 Å². The van der Waals surface area contributed by atoms with Crippen molar-refractivity contribution < 1.29 is 4.63 Å². The summed E-state index contributed by atoms with van der Waals surface area (Å²) in [6, 6.07) is 0. The lowest BCUT2D eigenvalue weighted by Crippen LogP contribution is -2.20. The second-order valence-electron chi connectivity index (χ2n) is 5.06. The van der Waals surface area contributed by atoms with E-state index in [1.54, 1.807) is 10.9 Å². The molecule has 0 saturated heterocycles. The third-order valence-electron chi connectivity index (χ3n) is 3.36. The lowest BCUT2D eigenvalue weighted by atomic mass is 10.2. The molecule has 0 spiro atoms. The molecular weight excluding hydrogens is 284 g/mol. The molecule has 9 nitrogen and oxygen atoms in total. The summed E-state index contributed by atoms with van der Waals surface area (Å²) >= 11 is 0. The van der Waals surface area contributed by atoms with Crippen LogP contribution in [0.1, 0.15) is 17.0 Å². The number of rotatable bonds is 4. The van der Waals surface area contributed by atoms with E-state index in [-0.39, 0.29) is 0 Å². The highest BCUT2D eigenvalue weighted by atomic mass is 16.6. The van der Waals surface area contributed by atoms with Gasteiger partial charge in [-0.15, -0.1) is 0 Å². The van der Waals surface area contributed by atoms with Gasteiger partial charge in [0.1, 0.15) is 23.4 Å². The van der Waals surface area contributed by atoms with E-state index in [9.17, 15) is 0 Å². The van der Waals surface area contributed by atoms with Gasteiger partial charge in [0.2, 0.25) is 5.95 Å². The Kier molecular flexibility index (Phi) is 3.53. The minimum atomic E-state index is 0.511. The summed E-state index contributed by atoms with van der Waals surface area (Å²) < 4.78 is 6.40. The zero-order chi connectivity index (χ0) is 15.7. The van der Waals surface area contributed by atoms with E-state index in [4.69, 9.17) is 4.63 Å². The first-order valence-corrected chi connectivity index (χ1v) is 6.73. The van der Waals surface area contributed by atoms with Crippen molar-refractivity contribution in [1.82, 2.24) is 35.0 Å². The second kappa shape index (κ2) is 5.51. The second-order valence-corrected chi connectivity index (χ2v) is 5.06. The van der Waals surface area contributed by atoms with Crippen molar-refractivity contribution in [2.24, 2.45) is 7.05 Å². The summed E-state index contributed by atoms with van der Waals surface area (Å²) in [7, 11) is 3.72. The SMILES string of the molecule is Cc1cnc(N(C)Cc2nonc2C)nc1-c1ncnn1C. The molecule has 0 aliphatic carbocycles. The van der Waals surface area contributed by atoms with Crippen LogP contribution in [0.2, 0.25) is 0 Å². The zero-order valence-electron chi connectivity index (χ0n) is 12.8. The first-order chi connectivity index (χ1) is 10.6. The van der Waals surface area contributed by atoms with Crippen molar-refractivity contribution >= 4 is 5.95 Å². The first kappa shape index (κ1) is 14.1. The third-order valence-corrected chi connectivity index (χ3v) is 3.36. The minimum absolute atomic E-state index is 0.511. The van der Waals surface area contributed by atoms with Crippen LogP contribution in [0.25, 0.3) is 11.5 Å². The van der Waals surface area contributed by atoms with E-state index in [0.717, 1.165) is 22.6 Å². The summed E-state index contributed by atoms with van der Waals surface area (Å²) in [5.41, 5.74) is 3.21. The van der Waals surface area contributed by atoms with Gasteiger partial charge in [-0.25, -0.2) is 24.3 Å². The Morgan fingerprint density at radius 3 is 2.68 bits per heavy atom. The Morgan fingerprint density at radius 2 is 2.05 bits per heavy atom. The standard InChI is InChI=1S/C13H16N8O/c1-8-5-14-13(17-11(8)12-15-7-16-21(12)4)20(3)6-10-9(2)18-22-19-10/h5,7H,6H2,1-4H3. The van der Waals surface area contributed by atoms with E-state index in [0.29, 0.717) is 18.3 Å². The van der Waals surface area contributed by atoms with E-state index in [2.05, 4.69) is 30.4 Å². The molecule has 0 fully saturated rings. The van der Waals surface area contributed by atoms with Gasteiger partial charge in [-0.05, 0) is 19.4 Å². The van der Waals surface area contributed by atoms with E-state index in [1.165, 1.54) is 6.33 Å². The first-order valence-electron chi connectivity index (χ1n) is 6.73. The van der Waals surface area contributed by atoms with Crippen molar-refractivity contribution in [3.63, 3.8) is 0 Å². The molecule has 3 aromatic heterocycles. The van der Waals surface area contributed by atoms with Crippen LogP contribution in [0.5, 0.6) is 0 Å². The highest BCUT2D eigenvalue weighted by Crippen LogP contribution is 2.20. The summed E-state index contributed by atoms with van der Waals surface area (Å²) in [5, 5.41) is 11.7. The smallest absolute Gasteiger partial charge is 0.226 e. The molecule has 0 aromatic carbocycles. The van der Waals surface area contributed by atoms with Gasteiger partial charge in [0.25, 0.3) is 0 Å². The van der Waals surface area contributed by atoms with Crippen molar-refractivity contribution in [3.8, 4) is 11.5 Å². The minimum Gasteiger partial charge on any atom is -0.338 e. The monoisotopic (exact) mass is 300 g/mol. The molecule has 0 radical (unpaired) electrons. The molecule has 22 heavy (non-hydrogen) atoms. The molecule has 0 saturated carbocycles. The Labute approximate surface area is 127 Å². The van der Waals surface area contributed by atoms with Gasteiger partial charge in [0.05, 0.1) is 6.54 Å². The van der Waals surface area contributed by atoms with Crippen molar-refractivity contribution in [2.75, 3.05) is 11.9 Å². The van der Waals surface area contributed by atoms with Crippen LogP contribution in [0.15, 0.2) is 17.2 Å². The topological polar surface area (TPSA) is 98.7 Å². The predicted octanol–water partition coefficient (Wildman–Crippen LogP) is 0.908. The maximum atomic E-state index is 4.71. The van der Waals surface area contributed by atoms with Gasteiger partial charge < -0.3 is 4.90 Å². The fourth-order valence-corrected chi connectivity index (χ4v) is 2.04. The van der Waals surface area contributed by atoms with Crippen molar-refractivity contribution in [1.29, 1.82) is 0 Å². The lowest BCUT2D eigenvalue weighted by molar-refractivity contribution is 0.301. The quantitative estimate of drug-likeness (QED) is 0.701. The highest BCUT2D eigenvalue weighted by Gasteiger charge is 2.15. The van der Waals surface area contributed by atoms with Crippen LogP contribution in [0.3, 0.4) is 0 Å². The number of hydrogen-bond acceptors (Lipinski definition) is 8. The van der Waals surface area contributed by atoms with Crippen LogP contribution < -0.4 is 4.90 Å². The molecule has 0 N–H and O–H groups in total. The number of aromatic nitrogens is 7. The fraction of sp³-hybridized carbons (Fsp3) is 0.385. The normalized spacial score (nSPS) is 10.9. The molecule has 114 valence electrons. The number of hydrogen-bond donors (Lipinski definition) is 0. The molecule has 0 unspecified atom stereocenters. The summed E-state index contributed by atoms with van der Waals surface area (Å²) in [4.78, 5) is 15.1. The van der Waals surface area contributed by atoms with Crippen molar-refractivity contribution in [3.05, 3.63) is 29.5 Å². The number of nitrogens with zero attached hydrogens (tertiary/aromatic N) is 8. The fourth-order valence-electron chi connectivity index (χ4n) is 2.04. The Morgan fingerprint density at radius 1 is 1.23 bits per heavy atom. The Hall–Kier alpha value is -2.84. The van der Waals surface area contributed by atoms with E-state index >= 15 is 0 Å². The maximum Gasteiger partial charge on any atom is 0.226 e. The number of aryl methyl sites for hydroxylation is 3. The number of anilines is 1. The maximum absolute atomic E-state index is 4.71. The highest BCUT2D eigenvalue weighted by molar-refractivity contribution is 5.56. The molecule has 9 heteroatoms. The molecule has 0 amide bonds. The van der Waals surface area contributed by atoms with Crippen molar-refractivity contribution in [2.45, 2.75) is 20.4 Å². The average Bonchev–Trinajstić information content (AvgIpc) is 3.09. The molecule has 0 atom stereocenters. The van der Waals surface area contributed by atoms with Gasteiger partial charge in [0.15, 0.2) is 5.82 Å². The van der Waals surface area contributed by atoms with Gasteiger partial charge in [0, 0.05) is 20.3 Å². The van der Waals surface area contributed by atoms with E-state index in [1.807, 2.05) is 32.8 Å². The zero-order valence-corrected chi connectivity index (χ0v) is 12.8. The van der Waals surface area contributed by atoms with Crippen LogP contribution in [0.4, 0.5) is 5.95 Å². The average molecular weight is 300 g/mol. The molecular formula is C13H16N8O. The van der Waals surface area contributed by atoms with Crippen LogP contribution in [0, 0.1) is 13.8 Å². The largest absolute Gasteiger partial charge is 0.338 e. The predicted molar refractivity (Wildman–Crippen MR) is 77.9 cm³/mol. The molecule has 3 aromatic rings. The Balaban J connectivity index is 1.92. The molecule has 0 bridgehead atoms. The summed E-state index contributed by atoms with van der Waals surface area (Å²) in [5.74, 6) is 1.28. The summed E-state index contributed by atoms with van der Waals surface area (Å²) in [6.45, 7) is 4.30. The van der Waals surface area contributed by atoms with Crippen LogP contribution >= 0.6 is 0 Å². The lowest BCUT2D eigenvalue weighted by Gasteiger charge is -2.16. The van der Waals surface area contributed by atoms with Crippen LogP contribution in [-0.2, 0) is 13.6 Å². The van der Waals surface area contributed by atoms with Gasteiger partial charge in [-0.1, -0.05) is 10.3 Å². The van der Waals surface area contributed by atoms with Gasteiger partial charge in [-0.3, -0.25) is 0 Å². The molecule has 3 rings (SSSR count). The third kappa shape index (κ3) is 2.52. The van der Waals surface area contributed by atoms with Gasteiger partial charge in [-0.2, -0.15) is 5.10 Å². The van der Waals surface area contributed by atoms with E-state index < -0.39 is 0 Å². The Bertz CT molecular complexity index is 793. The molecule has 0 aliphatic heterocycles. The molecule has 0 aliphatic rings. The van der Waals surface area contributed by atoms with Crippen LogP contribution in [-0.4, -0.2) is 42.1 Å². The summed E-state index contributed by atoms with van der Waals surface area (Å²) in [6.07, 6.45) is 3.28. The molecule has 3 heterocycles.